The molecule has 0 aliphatic heterocycles. The van der Waals surface area contributed by atoms with Crippen LogP contribution in [0.2, 0.25) is 0 Å². The first-order valence-electron chi connectivity index (χ1n) is 5.43. The summed E-state index contributed by atoms with van der Waals surface area (Å²) >= 11 is 6.73. The number of hydrogen-bond donors (Lipinski definition) is 3. The Bertz CT molecular complexity index is 599. The fraction of sp³-hybridized carbons (Fsp3) is 0. The molecule has 0 fully saturated rings. The van der Waals surface area contributed by atoms with Crippen molar-refractivity contribution in [3.8, 4) is 0 Å². The second-order valence-electron chi connectivity index (χ2n) is 3.83. The molecule has 2 aromatic carbocycles. The summed E-state index contributed by atoms with van der Waals surface area (Å²) in [5.41, 5.74) is 7.59. The van der Waals surface area contributed by atoms with Gasteiger partial charge in [-0.25, -0.2) is 4.79 Å². The van der Waals surface area contributed by atoms with E-state index in [1.54, 1.807) is 24.3 Å². The van der Waals surface area contributed by atoms with Crippen molar-refractivity contribution in [2.75, 3.05) is 16.4 Å². The summed E-state index contributed by atoms with van der Waals surface area (Å²) in [6, 6.07) is 12.2. The lowest BCUT2D eigenvalue weighted by Crippen LogP contribution is -2.19. The zero-order valence-electron chi connectivity index (χ0n) is 9.78. The van der Waals surface area contributed by atoms with Crippen LogP contribution in [-0.2, 0) is 0 Å². The van der Waals surface area contributed by atoms with Gasteiger partial charge in [0, 0.05) is 20.3 Å². The third-order valence-corrected chi connectivity index (χ3v) is 3.53. The summed E-state index contributed by atoms with van der Waals surface area (Å²) in [4.78, 5) is 11.8. The Labute approximate surface area is 127 Å². The number of nitrogens with two attached hydrogens (primary N) is 1. The highest BCUT2D eigenvalue weighted by atomic mass is 79.9. The van der Waals surface area contributed by atoms with Crippen LogP contribution < -0.4 is 16.4 Å². The van der Waals surface area contributed by atoms with E-state index in [1.165, 1.54) is 0 Å². The van der Waals surface area contributed by atoms with Crippen LogP contribution in [0.25, 0.3) is 0 Å². The van der Waals surface area contributed by atoms with Gasteiger partial charge in [-0.1, -0.05) is 15.9 Å². The van der Waals surface area contributed by atoms with E-state index in [9.17, 15) is 4.79 Å². The minimum Gasteiger partial charge on any atom is -0.399 e. The van der Waals surface area contributed by atoms with Gasteiger partial charge < -0.3 is 16.4 Å². The monoisotopic (exact) mass is 383 g/mol. The maximum atomic E-state index is 11.8. The van der Waals surface area contributed by atoms with E-state index in [0.717, 1.165) is 8.95 Å². The highest BCUT2D eigenvalue weighted by Crippen LogP contribution is 2.26. The minimum absolute atomic E-state index is 0.316. The summed E-state index contributed by atoms with van der Waals surface area (Å²) in [5.74, 6) is 0. The van der Waals surface area contributed by atoms with Gasteiger partial charge in [-0.2, -0.15) is 0 Å². The number of carbonyl (C=O) groups is 1. The molecule has 0 radical (unpaired) electrons. The van der Waals surface area contributed by atoms with Crippen LogP contribution in [0.5, 0.6) is 0 Å². The average Bonchev–Trinajstić information content (AvgIpc) is 2.37. The van der Waals surface area contributed by atoms with Crippen LogP contribution >= 0.6 is 31.9 Å². The van der Waals surface area contributed by atoms with E-state index in [2.05, 4.69) is 42.5 Å². The molecule has 0 spiro atoms. The quantitative estimate of drug-likeness (QED) is 0.670. The van der Waals surface area contributed by atoms with E-state index in [-0.39, 0.29) is 6.03 Å². The van der Waals surface area contributed by atoms with E-state index >= 15 is 0 Å². The fourth-order valence-corrected chi connectivity index (χ4v) is 2.15. The fourth-order valence-electron chi connectivity index (χ4n) is 1.44. The number of hydrogen-bond acceptors (Lipinski definition) is 2. The molecule has 2 rings (SSSR count). The molecule has 2 amide bonds. The highest BCUT2D eigenvalue weighted by molar-refractivity contribution is 9.11. The Hall–Kier alpha value is -1.53. The molecule has 4 N–H and O–H groups in total. The molecule has 19 heavy (non-hydrogen) atoms. The van der Waals surface area contributed by atoms with E-state index in [1.807, 2.05) is 18.2 Å². The van der Waals surface area contributed by atoms with Gasteiger partial charge in [0.25, 0.3) is 0 Å². The molecule has 0 aromatic heterocycles. The number of nitrogen functional groups attached to an aromatic ring is 1. The van der Waals surface area contributed by atoms with Gasteiger partial charge in [-0.15, -0.1) is 0 Å². The van der Waals surface area contributed by atoms with Gasteiger partial charge in [0.1, 0.15) is 0 Å². The van der Waals surface area contributed by atoms with Crippen molar-refractivity contribution in [1.82, 2.24) is 0 Å². The predicted octanol–water partition coefficient (Wildman–Crippen LogP) is 4.44. The molecule has 4 nitrogen and oxygen atoms in total. The number of halogens is 2. The molecular formula is C13H11Br2N3O. The average molecular weight is 385 g/mol. The molecule has 0 heterocycles. The smallest absolute Gasteiger partial charge is 0.323 e. The van der Waals surface area contributed by atoms with Gasteiger partial charge in [-0.05, 0) is 58.4 Å². The van der Waals surface area contributed by atoms with Gasteiger partial charge >= 0.3 is 6.03 Å². The van der Waals surface area contributed by atoms with Crippen LogP contribution in [0, 0.1) is 0 Å². The summed E-state index contributed by atoms with van der Waals surface area (Å²) < 4.78 is 1.70. The van der Waals surface area contributed by atoms with Crippen molar-refractivity contribution in [3.05, 3.63) is 51.4 Å². The number of anilines is 3. The van der Waals surface area contributed by atoms with Crippen molar-refractivity contribution in [2.24, 2.45) is 0 Å². The first-order valence-corrected chi connectivity index (χ1v) is 7.02. The van der Waals surface area contributed by atoms with Crippen molar-refractivity contribution in [1.29, 1.82) is 0 Å². The lowest BCUT2D eigenvalue weighted by atomic mass is 10.3. The summed E-state index contributed by atoms with van der Waals surface area (Å²) in [7, 11) is 0. The predicted molar refractivity (Wildman–Crippen MR) is 85.3 cm³/mol. The molecule has 0 unspecified atom stereocenters. The topological polar surface area (TPSA) is 67.1 Å². The lowest BCUT2D eigenvalue weighted by molar-refractivity contribution is 0.262. The lowest BCUT2D eigenvalue weighted by Gasteiger charge is -2.09. The van der Waals surface area contributed by atoms with Crippen LogP contribution in [0.4, 0.5) is 21.9 Å². The van der Waals surface area contributed by atoms with Gasteiger partial charge in [0.2, 0.25) is 0 Å². The number of amides is 2. The molecule has 0 aliphatic rings. The second kappa shape index (κ2) is 6.08. The van der Waals surface area contributed by atoms with Gasteiger partial charge in [0.15, 0.2) is 0 Å². The second-order valence-corrected chi connectivity index (χ2v) is 5.60. The zero-order valence-corrected chi connectivity index (χ0v) is 13.0. The van der Waals surface area contributed by atoms with E-state index in [0.29, 0.717) is 17.1 Å². The molecule has 0 saturated heterocycles. The number of urea groups is 1. The minimum atomic E-state index is -0.316. The Morgan fingerprint density at radius 1 is 1.00 bits per heavy atom. The van der Waals surface area contributed by atoms with Crippen LogP contribution in [0.15, 0.2) is 51.4 Å². The molecule has 0 bridgehead atoms. The molecule has 0 atom stereocenters. The van der Waals surface area contributed by atoms with E-state index in [4.69, 9.17) is 5.73 Å². The zero-order chi connectivity index (χ0) is 13.8. The molecule has 2 aromatic rings. The largest absolute Gasteiger partial charge is 0.399 e. The van der Waals surface area contributed by atoms with Crippen molar-refractivity contribution in [2.45, 2.75) is 0 Å². The number of rotatable bonds is 2. The van der Waals surface area contributed by atoms with Crippen LogP contribution in [0.3, 0.4) is 0 Å². The summed E-state index contributed by atoms with van der Waals surface area (Å²) in [6.07, 6.45) is 0. The van der Waals surface area contributed by atoms with Gasteiger partial charge in [-0.3, -0.25) is 0 Å². The van der Waals surface area contributed by atoms with Crippen molar-refractivity contribution >= 4 is 55.0 Å². The molecule has 6 heteroatoms. The maximum Gasteiger partial charge on any atom is 0.323 e. The van der Waals surface area contributed by atoms with Crippen LogP contribution in [0.1, 0.15) is 0 Å². The highest BCUT2D eigenvalue weighted by Gasteiger charge is 2.06. The summed E-state index contributed by atoms with van der Waals surface area (Å²) in [6.45, 7) is 0. The maximum absolute atomic E-state index is 11.8. The molecular weight excluding hydrogens is 374 g/mol. The third kappa shape index (κ3) is 3.97. The van der Waals surface area contributed by atoms with E-state index < -0.39 is 0 Å². The Morgan fingerprint density at radius 3 is 2.37 bits per heavy atom. The number of benzene rings is 2. The third-order valence-electron chi connectivity index (χ3n) is 2.35. The Kier molecular flexibility index (Phi) is 4.44. The molecule has 0 aliphatic carbocycles. The van der Waals surface area contributed by atoms with Crippen molar-refractivity contribution < 1.29 is 4.79 Å². The first kappa shape index (κ1) is 13.9. The molecule has 0 saturated carbocycles. The van der Waals surface area contributed by atoms with Crippen molar-refractivity contribution in [3.63, 3.8) is 0 Å². The summed E-state index contributed by atoms with van der Waals surface area (Å²) in [5, 5.41) is 5.48. The van der Waals surface area contributed by atoms with Gasteiger partial charge in [0.05, 0.1) is 5.69 Å². The SMILES string of the molecule is Nc1ccc(NC(=O)Nc2cc(Br)ccc2Br)cc1. The van der Waals surface area contributed by atoms with Crippen LogP contribution in [-0.4, -0.2) is 6.03 Å². The standard InChI is InChI=1S/C13H11Br2N3O/c14-8-1-6-11(15)12(7-8)18-13(19)17-10-4-2-9(16)3-5-10/h1-7H,16H2,(H2,17,18,19). The number of nitrogens with one attached hydrogen (secondary N) is 2. The Morgan fingerprint density at radius 2 is 1.68 bits per heavy atom. The number of carbonyl (C=O) groups excluding carboxylic acids is 1. The normalized spacial score (nSPS) is 10.0. The Balaban J connectivity index is 2.05. The molecule has 98 valence electrons. The first-order chi connectivity index (χ1) is 9.04.